The smallest absolute Gasteiger partial charge is 0.245 e. The van der Waals surface area contributed by atoms with Crippen LogP contribution in [-0.4, -0.2) is 38.2 Å². The van der Waals surface area contributed by atoms with Crippen LogP contribution in [0, 0.1) is 13.8 Å². The van der Waals surface area contributed by atoms with E-state index in [1.165, 1.54) is 4.31 Å². The molecule has 0 bridgehead atoms. The van der Waals surface area contributed by atoms with E-state index >= 15 is 0 Å². The Labute approximate surface area is 186 Å². The highest BCUT2D eigenvalue weighted by Gasteiger charge is 2.44. The van der Waals surface area contributed by atoms with E-state index in [2.05, 4.69) is 32.1 Å². The second kappa shape index (κ2) is 9.05. The molecular formula is C21H27BrN4O3S. The first-order valence-corrected chi connectivity index (χ1v) is 12.0. The van der Waals surface area contributed by atoms with E-state index in [0.717, 1.165) is 15.6 Å². The van der Waals surface area contributed by atoms with Crippen molar-refractivity contribution in [2.45, 2.75) is 45.0 Å². The number of benzene rings is 2. The normalized spacial score (nSPS) is 21.4. The highest BCUT2D eigenvalue weighted by atomic mass is 79.9. The Morgan fingerprint density at radius 1 is 1.07 bits per heavy atom. The number of hydrogen-bond donors (Lipinski definition) is 3. The van der Waals surface area contributed by atoms with E-state index in [1.54, 1.807) is 18.2 Å². The second-order valence-corrected chi connectivity index (χ2v) is 10.6. The van der Waals surface area contributed by atoms with Gasteiger partial charge in [-0.3, -0.25) is 20.0 Å². The molecule has 30 heavy (non-hydrogen) atoms. The van der Waals surface area contributed by atoms with E-state index < -0.39 is 21.2 Å². The Hall–Kier alpha value is -1.94. The summed E-state index contributed by atoms with van der Waals surface area (Å²) in [5, 5.41) is 2.10. The van der Waals surface area contributed by atoms with E-state index in [9.17, 15) is 13.2 Å². The molecule has 0 spiro atoms. The van der Waals surface area contributed by atoms with Crippen LogP contribution in [0.15, 0.2) is 46.9 Å². The number of carbonyl (C=O) groups is 1. The number of sulfonamides is 1. The summed E-state index contributed by atoms with van der Waals surface area (Å²) in [7, 11) is -3.83. The van der Waals surface area contributed by atoms with Crippen molar-refractivity contribution in [1.82, 2.24) is 10.9 Å². The fourth-order valence-corrected chi connectivity index (χ4v) is 6.04. The van der Waals surface area contributed by atoms with Crippen molar-refractivity contribution in [3.8, 4) is 0 Å². The molecule has 2 atom stereocenters. The van der Waals surface area contributed by atoms with Gasteiger partial charge < -0.3 is 5.32 Å². The van der Waals surface area contributed by atoms with Gasteiger partial charge in [0.15, 0.2) is 0 Å². The third-order valence-corrected chi connectivity index (χ3v) is 8.57. The first kappa shape index (κ1) is 22.7. The molecule has 0 saturated carbocycles. The van der Waals surface area contributed by atoms with Crippen molar-refractivity contribution in [3.63, 3.8) is 0 Å². The molecule has 162 valence electrons. The lowest BCUT2D eigenvalue weighted by atomic mass is 10.2. The number of aryl methyl sites for hydroxylation is 2. The summed E-state index contributed by atoms with van der Waals surface area (Å²) in [4.78, 5) is 12.8. The van der Waals surface area contributed by atoms with Crippen molar-refractivity contribution >= 4 is 43.2 Å². The van der Waals surface area contributed by atoms with E-state index in [1.807, 2.05) is 52.0 Å². The minimum Gasteiger partial charge on any atom is -0.325 e. The highest BCUT2D eigenvalue weighted by Crippen LogP contribution is 2.26. The largest absolute Gasteiger partial charge is 0.325 e. The van der Waals surface area contributed by atoms with Gasteiger partial charge in [0.25, 0.3) is 0 Å². The van der Waals surface area contributed by atoms with Gasteiger partial charge >= 0.3 is 0 Å². The number of rotatable bonds is 6. The summed E-state index contributed by atoms with van der Waals surface area (Å²) < 4.78 is 29.3. The van der Waals surface area contributed by atoms with Crippen LogP contribution in [0.3, 0.4) is 0 Å². The van der Waals surface area contributed by atoms with Crippen LogP contribution in [0.5, 0.6) is 0 Å². The lowest BCUT2D eigenvalue weighted by Gasteiger charge is -2.30. The van der Waals surface area contributed by atoms with Crippen molar-refractivity contribution in [2.75, 3.05) is 16.2 Å². The maximum absolute atomic E-state index is 13.6. The van der Waals surface area contributed by atoms with Crippen LogP contribution in [0.25, 0.3) is 0 Å². The van der Waals surface area contributed by atoms with Crippen molar-refractivity contribution in [3.05, 3.63) is 58.1 Å². The molecule has 1 heterocycles. The number of hydrogen-bond acceptors (Lipinski definition) is 5. The number of nitrogens with zero attached hydrogens (tertiary/aromatic N) is 1. The summed E-state index contributed by atoms with van der Waals surface area (Å²) >= 11 is 3.44. The minimum atomic E-state index is -3.83. The number of halogens is 1. The fourth-order valence-electron chi connectivity index (χ4n) is 3.62. The van der Waals surface area contributed by atoms with Gasteiger partial charge in [0.1, 0.15) is 11.8 Å². The summed E-state index contributed by atoms with van der Waals surface area (Å²) in [6.45, 7) is 7.18. The second-order valence-electron chi connectivity index (χ2n) is 7.73. The predicted octanol–water partition coefficient (Wildman–Crippen LogP) is 3.09. The predicted molar refractivity (Wildman–Crippen MR) is 124 cm³/mol. The molecule has 2 aromatic rings. The van der Waals surface area contributed by atoms with Crippen LogP contribution < -0.4 is 20.5 Å². The van der Waals surface area contributed by atoms with Gasteiger partial charge in [0, 0.05) is 22.2 Å². The maximum atomic E-state index is 13.6. The third-order valence-electron chi connectivity index (χ3n) is 5.23. The molecular weight excluding hydrogens is 468 g/mol. The Bertz CT molecular complexity index is 1020. The zero-order valence-electron chi connectivity index (χ0n) is 17.4. The molecule has 0 aromatic heterocycles. The monoisotopic (exact) mass is 494 g/mol. The molecule has 1 saturated heterocycles. The molecule has 1 aliphatic heterocycles. The summed E-state index contributed by atoms with van der Waals surface area (Å²) in [6, 6.07) is 12.0. The Balaban J connectivity index is 1.90. The summed E-state index contributed by atoms with van der Waals surface area (Å²) in [5.41, 5.74) is 9.04. The number of anilines is 2. The Kier molecular flexibility index (Phi) is 6.86. The molecule has 3 N–H and O–H groups in total. The number of nitrogens with one attached hydrogen (secondary N) is 3. The minimum absolute atomic E-state index is 0.296. The molecule has 7 nitrogen and oxygen atoms in total. The van der Waals surface area contributed by atoms with Crippen molar-refractivity contribution in [1.29, 1.82) is 0 Å². The first-order chi connectivity index (χ1) is 14.1. The van der Waals surface area contributed by atoms with E-state index in [0.29, 0.717) is 11.4 Å². The summed E-state index contributed by atoms with van der Waals surface area (Å²) in [5.74, 6) is -0.403. The van der Waals surface area contributed by atoms with E-state index in [4.69, 9.17) is 0 Å². The molecule has 0 radical (unpaired) electrons. The molecule has 2 aromatic carbocycles. The number of amides is 1. The molecule has 1 aliphatic rings. The molecule has 2 unspecified atom stereocenters. The first-order valence-electron chi connectivity index (χ1n) is 9.75. The SMILES string of the molecule is Cc1ccc(N(CC(=O)Nc2ccc(Br)c(C)c2)S(=O)(=O)C2C(C)NNC2C)cc1. The van der Waals surface area contributed by atoms with Gasteiger partial charge in [0.05, 0.1) is 5.69 Å². The van der Waals surface area contributed by atoms with Crippen LogP contribution in [-0.2, 0) is 14.8 Å². The van der Waals surface area contributed by atoms with Gasteiger partial charge in [-0.05, 0) is 63.6 Å². The lowest BCUT2D eigenvalue weighted by molar-refractivity contribution is -0.114. The molecule has 1 amide bonds. The van der Waals surface area contributed by atoms with Crippen LogP contribution in [0.1, 0.15) is 25.0 Å². The van der Waals surface area contributed by atoms with Gasteiger partial charge in [-0.25, -0.2) is 8.42 Å². The number of hydrazine groups is 1. The van der Waals surface area contributed by atoms with Gasteiger partial charge in [0.2, 0.25) is 15.9 Å². The van der Waals surface area contributed by atoms with Crippen LogP contribution >= 0.6 is 15.9 Å². The van der Waals surface area contributed by atoms with Crippen molar-refractivity contribution < 1.29 is 13.2 Å². The third kappa shape index (κ3) is 4.85. The molecule has 1 fully saturated rings. The zero-order chi connectivity index (χ0) is 22.1. The maximum Gasteiger partial charge on any atom is 0.245 e. The average molecular weight is 495 g/mol. The Morgan fingerprint density at radius 3 is 2.23 bits per heavy atom. The molecule has 0 aliphatic carbocycles. The van der Waals surface area contributed by atoms with Crippen molar-refractivity contribution in [2.24, 2.45) is 0 Å². The van der Waals surface area contributed by atoms with Gasteiger partial charge in [-0.2, -0.15) is 0 Å². The fraction of sp³-hybridized carbons (Fsp3) is 0.381. The molecule has 9 heteroatoms. The van der Waals surface area contributed by atoms with Gasteiger partial charge in [-0.15, -0.1) is 0 Å². The number of carbonyl (C=O) groups excluding carboxylic acids is 1. The zero-order valence-corrected chi connectivity index (χ0v) is 19.8. The standard InChI is InChI=1S/C21H27BrN4O3S/c1-13-5-8-18(9-6-13)26(30(28,29)21-15(3)24-25-16(21)4)12-20(27)23-17-7-10-19(22)14(2)11-17/h5-11,15-16,21,24-25H,12H2,1-4H3,(H,23,27). The highest BCUT2D eigenvalue weighted by molar-refractivity contribution is 9.10. The Morgan fingerprint density at radius 2 is 1.67 bits per heavy atom. The van der Waals surface area contributed by atoms with E-state index in [-0.39, 0.29) is 18.6 Å². The van der Waals surface area contributed by atoms with Crippen LogP contribution in [0.2, 0.25) is 0 Å². The quantitative estimate of drug-likeness (QED) is 0.573. The lowest BCUT2D eigenvalue weighted by Crippen LogP contribution is -2.49. The molecule has 3 rings (SSSR count). The van der Waals surface area contributed by atoms with Crippen LogP contribution in [0.4, 0.5) is 11.4 Å². The average Bonchev–Trinajstić information content (AvgIpc) is 3.02. The van der Waals surface area contributed by atoms with Gasteiger partial charge in [-0.1, -0.05) is 33.6 Å². The summed E-state index contributed by atoms with van der Waals surface area (Å²) in [6.07, 6.45) is 0. The topological polar surface area (TPSA) is 90.5 Å².